The fourth-order valence-electron chi connectivity index (χ4n) is 2.08. The van der Waals surface area contributed by atoms with E-state index in [1.807, 2.05) is 19.0 Å². The smallest absolute Gasteiger partial charge is 0.373 e. The molecule has 1 fully saturated rings. The van der Waals surface area contributed by atoms with Crippen LogP contribution in [0.15, 0.2) is 12.3 Å². The average Bonchev–Trinajstić information content (AvgIpc) is 2.37. The van der Waals surface area contributed by atoms with Gasteiger partial charge in [0.2, 0.25) is 5.95 Å². The fourth-order valence-corrected chi connectivity index (χ4v) is 2.08. The first-order valence-corrected chi connectivity index (χ1v) is 6.28. The number of hydrogen-bond donors (Lipinski definition) is 0. The molecule has 0 N–H and O–H groups in total. The molecule has 1 aliphatic rings. The Morgan fingerprint density at radius 2 is 2.20 bits per heavy atom. The Morgan fingerprint density at radius 3 is 2.85 bits per heavy atom. The lowest BCUT2D eigenvalue weighted by molar-refractivity contribution is -0.141. The van der Waals surface area contributed by atoms with E-state index in [-0.39, 0.29) is 12.1 Å². The van der Waals surface area contributed by atoms with Gasteiger partial charge >= 0.3 is 6.18 Å². The van der Waals surface area contributed by atoms with Gasteiger partial charge in [-0.3, -0.25) is 0 Å². The zero-order chi connectivity index (χ0) is 14.8. The van der Waals surface area contributed by atoms with Crippen molar-refractivity contribution in [2.45, 2.75) is 12.3 Å². The maximum absolute atomic E-state index is 12.6. The van der Waals surface area contributed by atoms with Crippen molar-refractivity contribution in [2.24, 2.45) is 0 Å². The molecular formula is C12H17F3N4O. The van der Waals surface area contributed by atoms with Gasteiger partial charge in [0, 0.05) is 25.8 Å². The van der Waals surface area contributed by atoms with Gasteiger partial charge in [-0.05, 0) is 20.2 Å². The minimum atomic E-state index is -4.45. The highest BCUT2D eigenvalue weighted by molar-refractivity contribution is 5.31. The second-order valence-electron chi connectivity index (χ2n) is 4.94. The Morgan fingerprint density at radius 1 is 1.45 bits per heavy atom. The summed E-state index contributed by atoms with van der Waals surface area (Å²) in [6, 6.07) is 0.876. The third kappa shape index (κ3) is 3.80. The number of morpholine rings is 1. The van der Waals surface area contributed by atoms with Crippen LogP contribution in [0, 0.1) is 0 Å². The molecule has 0 radical (unpaired) electrons. The number of likely N-dealkylation sites (N-methyl/N-ethyl adjacent to an activating group) is 1. The predicted molar refractivity (Wildman–Crippen MR) is 67.5 cm³/mol. The maximum atomic E-state index is 12.6. The molecule has 5 nitrogen and oxygen atoms in total. The van der Waals surface area contributed by atoms with Crippen LogP contribution in [0.3, 0.4) is 0 Å². The van der Waals surface area contributed by atoms with Crippen LogP contribution in [0.25, 0.3) is 0 Å². The minimum Gasteiger partial charge on any atom is -0.373 e. The third-order valence-electron chi connectivity index (χ3n) is 2.92. The number of alkyl halides is 3. The zero-order valence-electron chi connectivity index (χ0n) is 11.4. The Balaban J connectivity index is 2.11. The topological polar surface area (TPSA) is 41.5 Å². The van der Waals surface area contributed by atoms with E-state index in [2.05, 4.69) is 9.97 Å². The van der Waals surface area contributed by atoms with E-state index in [0.29, 0.717) is 26.2 Å². The van der Waals surface area contributed by atoms with Crippen molar-refractivity contribution in [3.05, 3.63) is 18.0 Å². The monoisotopic (exact) mass is 290 g/mol. The molecule has 112 valence electrons. The molecule has 2 rings (SSSR count). The van der Waals surface area contributed by atoms with Crippen molar-refractivity contribution >= 4 is 5.95 Å². The molecule has 1 aromatic rings. The molecule has 0 spiro atoms. The first kappa shape index (κ1) is 15.0. The Labute approximate surface area is 115 Å². The van der Waals surface area contributed by atoms with E-state index >= 15 is 0 Å². The van der Waals surface area contributed by atoms with Gasteiger partial charge in [-0.15, -0.1) is 0 Å². The Hall–Kier alpha value is -1.41. The van der Waals surface area contributed by atoms with E-state index in [9.17, 15) is 13.2 Å². The molecule has 8 heteroatoms. The van der Waals surface area contributed by atoms with Crippen LogP contribution in [-0.2, 0) is 10.9 Å². The number of hydrogen-bond acceptors (Lipinski definition) is 5. The second-order valence-corrected chi connectivity index (χ2v) is 4.94. The maximum Gasteiger partial charge on any atom is 0.433 e. The van der Waals surface area contributed by atoms with E-state index in [0.717, 1.165) is 12.3 Å². The number of anilines is 1. The van der Waals surface area contributed by atoms with Gasteiger partial charge in [-0.25, -0.2) is 9.97 Å². The van der Waals surface area contributed by atoms with Crippen LogP contribution in [-0.4, -0.2) is 61.3 Å². The van der Waals surface area contributed by atoms with Gasteiger partial charge in [0.25, 0.3) is 0 Å². The van der Waals surface area contributed by atoms with E-state index in [1.165, 1.54) is 0 Å². The summed E-state index contributed by atoms with van der Waals surface area (Å²) in [4.78, 5) is 11.2. The molecular weight excluding hydrogens is 273 g/mol. The van der Waals surface area contributed by atoms with Crippen LogP contribution < -0.4 is 4.90 Å². The van der Waals surface area contributed by atoms with Crippen molar-refractivity contribution in [2.75, 3.05) is 45.2 Å². The Kier molecular flexibility index (Phi) is 4.44. The summed E-state index contributed by atoms with van der Waals surface area (Å²) in [7, 11) is 3.84. The van der Waals surface area contributed by atoms with Crippen molar-refractivity contribution < 1.29 is 17.9 Å². The van der Waals surface area contributed by atoms with Gasteiger partial charge in [0.1, 0.15) is 5.69 Å². The molecule has 0 bridgehead atoms. The summed E-state index contributed by atoms with van der Waals surface area (Å²) in [6.07, 6.45) is -3.37. The first-order valence-electron chi connectivity index (χ1n) is 6.28. The number of nitrogens with zero attached hydrogens (tertiary/aromatic N) is 4. The van der Waals surface area contributed by atoms with Crippen LogP contribution in [0.1, 0.15) is 5.69 Å². The van der Waals surface area contributed by atoms with Gasteiger partial charge in [-0.2, -0.15) is 13.2 Å². The zero-order valence-corrected chi connectivity index (χ0v) is 11.4. The van der Waals surface area contributed by atoms with Crippen LogP contribution in [0.2, 0.25) is 0 Å². The molecule has 0 aliphatic carbocycles. The van der Waals surface area contributed by atoms with Crippen molar-refractivity contribution in [3.63, 3.8) is 0 Å². The van der Waals surface area contributed by atoms with Gasteiger partial charge in [0.05, 0.1) is 12.7 Å². The highest BCUT2D eigenvalue weighted by Gasteiger charge is 2.33. The minimum absolute atomic E-state index is 0.0584. The molecule has 2 heterocycles. The summed E-state index contributed by atoms with van der Waals surface area (Å²) in [5.41, 5.74) is -0.918. The standard InChI is InChI=1S/C12H17F3N4O/c1-18(2)7-9-8-19(5-6-20-9)11-16-4-3-10(17-11)12(13,14)15/h3-4,9H,5-8H2,1-2H3/t9-/m1/s1. The summed E-state index contributed by atoms with van der Waals surface area (Å²) in [5, 5.41) is 0. The summed E-state index contributed by atoms with van der Waals surface area (Å²) >= 11 is 0. The van der Waals surface area contributed by atoms with Gasteiger partial charge < -0.3 is 14.5 Å². The molecule has 1 aliphatic heterocycles. The van der Waals surface area contributed by atoms with Crippen molar-refractivity contribution in [3.8, 4) is 0 Å². The Bertz CT molecular complexity index is 453. The number of rotatable bonds is 3. The molecule has 1 atom stereocenters. The molecule has 1 aromatic heterocycles. The molecule has 0 unspecified atom stereocenters. The van der Waals surface area contributed by atoms with Crippen molar-refractivity contribution in [1.82, 2.24) is 14.9 Å². The van der Waals surface area contributed by atoms with Crippen LogP contribution >= 0.6 is 0 Å². The quantitative estimate of drug-likeness (QED) is 0.838. The first-order chi connectivity index (χ1) is 9.36. The van der Waals surface area contributed by atoms with Gasteiger partial charge in [0.15, 0.2) is 0 Å². The molecule has 20 heavy (non-hydrogen) atoms. The highest BCUT2D eigenvalue weighted by Crippen LogP contribution is 2.28. The molecule has 0 amide bonds. The lowest BCUT2D eigenvalue weighted by atomic mass is 10.2. The highest BCUT2D eigenvalue weighted by atomic mass is 19.4. The largest absolute Gasteiger partial charge is 0.433 e. The predicted octanol–water partition coefficient (Wildman–Crippen LogP) is 1.26. The SMILES string of the molecule is CN(C)C[C@@H]1CN(c2nccc(C(F)(F)F)n2)CCO1. The third-order valence-corrected chi connectivity index (χ3v) is 2.92. The number of aromatic nitrogens is 2. The summed E-state index contributed by atoms with van der Waals surface area (Å²) < 4.78 is 43.5. The number of ether oxygens (including phenoxy) is 1. The van der Waals surface area contributed by atoms with E-state index < -0.39 is 11.9 Å². The summed E-state index contributed by atoms with van der Waals surface area (Å²) in [5.74, 6) is 0.104. The molecule has 1 saturated heterocycles. The average molecular weight is 290 g/mol. The normalized spacial score (nSPS) is 20.5. The molecule has 0 aromatic carbocycles. The van der Waals surface area contributed by atoms with Crippen LogP contribution in [0.5, 0.6) is 0 Å². The summed E-state index contributed by atoms with van der Waals surface area (Å²) in [6.45, 7) is 2.14. The van der Waals surface area contributed by atoms with Crippen molar-refractivity contribution in [1.29, 1.82) is 0 Å². The van der Waals surface area contributed by atoms with Crippen LogP contribution in [0.4, 0.5) is 19.1 Å². The van der Waals surface area contributed by atoms with E-state index in [4.69, 9.17) is 4.74 Å². The van der Waals surface area contributed by atoms with Gasteiger partial charge in [-0.1, -0.05) is 0 Å². The molecule has 0 saturated carbocycles. The lowest BCUT2D eigenvalue weighted by Crippen LogP contribution is -2.47. The van der Waals surface area contributed by atoms with E-state index in [1.54, 1.807) is 4.90 Å². The second kappa shape index (κ2) is 5.92. The fraction of sp³-hybridized carbons (Fsp3) is 0.667. The number of halogens is 3. The lowest BCUT2D eigenvalue weighted by Gasteiger charge is -2.34.